The summed E-state index contributed by atoms with van der Waals surface area (Å²) in [6.45, 7) is 1.67. The SMILES string of the molecule is CCC(C(=O)O)c1ccc2c(c1)S(=O)(=O)c1ccccc1S2(=O)=O. The molecule has 0 spiro atoms. The number of rotatable bonds is 3. The maximum atomic E-state index is 12.8. The lowest BCUT2D eigenvalue weighted by Gasteiger charge is -2.21. The Hall–Kier alpha value is -2.19. The van der Waals surface area contributed by atoms with Crippen molar-refractivity contribution >= 4 is 25.6 Å². The summed E-state index contributed by atoms with van der Waals surface area (Å²) in [4.78, 5) is 10.1. The van der Waals surface area contributed by atoms with Crippen LogP contribution in [0.15, 0.2) is 62.0 Å². The minimum Gasteiger partial charge on any atom is -0.481 e. The Bertz CT molecular complexity index is 1050. The summed E-state index contributed by atoms with van der Waals surface area (Å²) in [5.74, 6) is -1.99. The van der Waals surface area contributed by atoms with Crippen molar-refractivity contribution in [1.29, 1.82) is 0 Å². The van der Waals surface area contributed by atoms with Crippen LogP contribution in [-0.4, -0.2) is 27.9 Å². The van der Waals surface area contributed by atoms with E-state index in [2.05, 4.69) is 0 Å². The molecule has 1 aliphatic rings. The molecule has 1 atom stereocenters. The van der Waals surface area contributed by atoms with Gasteiger partial charge in [-0.05, 0) is 36.2 Å². The van der Waals surface area contributed by atoms with Crippen molar-refractivity contribution in [1.82, 2.24) is 0 Å². The number of benzene rings is 2. The van der Waals surface area contributed by atoms with Crippen molar-refractivity contribution in [3.8, 4) is 0 Å². The van der Waals surface area contributed by atoms with Gasteiger partial charge in [-0.15, -0.1) is 0 Å². The number of carboxylic acid groups (broad SMARTS) is 1. The average molecular weight is 366 g/mol. The van der Waals surface area contributed by atoms with Crippen LogP contribution < -0.4 is 0 Å². The highest BCUT2D eigenvalue weighted by Crippen LogP contribution is 2.41. The second-order valence-corrected chi connectivity index (χ2v) is 9.23. The van der Waals surface area contributed by atoms with Crippen LogP contribution in [0, 0.1) is 0 Å². The Morgan fingerprint density at radius 1 is 0.917 bits per heavy atom. The van der Waals surface area contributed by atoms with Gasteiger partial charge in [0.2, 0.25) is 19.7 Å². The van der Waals surface area contributed by atoms with Crippen molar-refractivity contribution in [2.75, 3.05) is 0 Å². The zero-order valence-corrected chi connectivity index (χ0v) is 14.3. The third-order valence-electron chi connectivity index (χ3n) is 4.08. The molecule has 2 aromatic carbocycles. The maximum Gasteiger partial charge on any atom is 0.310 e. The van der Waals surface area contributed by atoms with Gasteiger partial charge in [0.25, 0.3) is 0 Å². The fourth-order valence-electron chi connectivity index (χ4n) is 2.86. The Morgan fingerprint density at radius 2 is 1.42 bits per heavy atom. The van der Waals surface area contributed by atoms with E-state index in [-0.39, 0.29) is 31.6 Å². The molecule has 0 radical (unpaired) electrons. The summed E-state index contributed by atoms with van der Waals surface area (Å²) in [5.41, 5.74) is 0.266. The molecule has 3 rings (SSSR count). The zero-order chi connectivity index (χ0) is 17.7. The third kappa shape index (κ3) is 2.25. The highest BCUT2D eigenvalue weighted by Gasteiger charge is 2.39. The van der Waals surface area contributed by atoms with Gasteiger partial charge in [0.1, 0.15) is 0 Å². The summed E-state index contributed by atoms with van der Waals surface area (Å²) in [6.07, 6.45) is 0.261. The molecule has 0 aliphatic carbocycles. The topological polar surface area (TPSA) is 106 Å². The highest BCUT2D eigenvalue weighted by atomic mass is 32.2. The Kier molecular flexibility index (Phi) is 3.76. The van der Waals surface area contributed by atoms with Crippen LogP contribution in [0.5, 0.6) is 0 Å². The van der Waals surface area contributed by atoms with Crippen molar-refractivity contribution in [3.63, 3.8) is 0 Å². The summed E-state index contributed by atoms with van der Waals surface area (Å²) in [5, 5.41) is 9.25. The number of sulfone groups is 2. The van der Waals surface area contributed by atoms with Gasteiger partial charge in [0, 0.05) is 0 Å². The first-order valence-electron chi connectivity index (χ1n) is 7.17. The molecule has 6 nitrogen and oxygen atoms in total. The molecule has 0 amide bonds. The van der Waals surface area contributed by atoms with E-state index < -0.39 is 31.6 Å². The average Bonchev–Trinajstić information content (AvgIpc) is 2.54. The van der Waals surface area contributed by atoms with Crippen LogP contribution >= 0.6 is 0 Å². The number of hydrogen-bond acceptors (Lipinski definition) is 5. The van der Waals surface area contributed by atoms with Gasteiger partial charge in [-0.3, -0.25) is 4.79 Å². The molecule has 0 saturated heterocycles. The molecule has 0 bridgehead atoms. The minimum atomic E-state index is -4.03. The van der Waals surface area contributed by atoms with E-state index in [1.807, 2.05) is 0 Å². The van der Waals surface area contributed by atoms with E-state index in [1.165, 1.54) is 42.5 Å². The Morgan fingerprint density at radius 3 is 1.92 bits per heavy atom. The maximum absolute atomic E-state index is 12.8. The van der Waals surface area contributed by atoms with Crippen LogP contribution in [0.1, 0.15) is 24.8 Å². The van der Waals surface area contributed by atoms with E-state index in [0.717, 1.165) is 0 Å². The van der Waals surface area contributed by atoms with E-state index in [0.29, 0.717) is 0 Å². The van der Waals surface area contributed by atoms with Crippen molar-refractivity contribution in [3.05, 3.63) is 48.0 Å². The second kappa shape index (κ2) is 5.42. The molecular weight excluding hydrogens is 352 g/mol. The lowest BCUT2D eigenvalue weighted by molar-refractivity contribution is -0.138. The fraction of sp³-hybridized carbons (Fsp3) is 0.188. The normalized spacial score (nSPS) is 18.2. The number of aliphatic carboxylic acids is 1. The molecule has 1 heterocycles. The second-order valence-electron chi connectivity index (χ2n) is 5.46. The third-order valence-corrected chi connectivity index (χ3v) is 8.06. The van der Waals surface area contributed by atoms with Gasteiger partial charge in [-0.1, -0.05) is 25.1 Å². The van der Waals surface area contributed by atoms with Crippen molar-refractivity contribution < 1.29 is 26.7 Å². The molecule has 0 aromatic heterocycles. The van der Waals surface area contributed by atoms with Gasteiger partial charge in [-0.25, -0.2) is 16.8 Å². The van der Waals surface area contributed by atoms with Crippen molar-refractivity contribution in [2.24, 2.45) is 0 Å². The molecule has 0 saturated carbocycles. The Balaban J connectivity index is 2.35. The van der Waals surface area contributed by atoms with Gasteiger partial charge in [-0.2, -0.15) is 0 Å². The molecule has 2 aromatic rings. The summed E-state index contributed by atoms with van der Waals surface area (Å²) in [6, 6.07) is 9.12. The largest absolute Gasteiger partial charge is 0.481 e. The Labute approximate surface area is 139 Å². The van der Waals surface area contributed by atoms with Crippen LogP contribution in [0.2, 0.25) is 0 Å². The van der Waals surface area contributed by atoms with E-state index >= 15 is 0 Å². The summed E-state index contributed by atoms with van der Waals surface area (Å²) < 4.78 is 51.0. The smallest absolute Gasteiger partial charge is 0.310 e. The molecule has 1 aliphatic heterocycles. The predicted octanol–water partition coefficient (Wildman–Crippen LogP) is 2.24. The van der Waals surface area contributed by atoms with Gasteiger partial charge >= 0.3 is 5.97 Å². The van der Waals surface area contributed by atoms with Gasteiger partial charge < -0.3 is 5.11 Å². The monoisotopic (exact) mass is 366 g/mol. The van der Waals surface area contributed by atoms with Crippen LogP contribution in [0.25, 0.3) is 0 Å². The van der Waals surface area contributed by atoms with E-state index in [4.69, 9.17) is 0 Å². The first kappa shape index (κ1) is 16.7. The van der Waals surface area contributed by atoms with E-state index in [9.17, 15) is 26.7 Å². The zero-order valence-electron chi connectivity index (χ0n) is 12.6. The van der Waals surface area contributed by atoms with Crippen LogP contribution in [-0.2, 0) is 24.5 Å². The molecule has 126 valence electrons. The minimum absolute atomic E-state index is 0.254. The number of hydrogen-bond donors (Lipinski definition) is 1. The quantitative estimate of drug-likeness (QED) is 0.762. The molecule has 24 heavy (non-hydrogen) atoms. The standard InChI is InChI=1S/C16H14O6S2/c1-2-11(16(17)18)10-7-8-14-15(9-10)24(21,22)13-6-4-3-5-12(13)23(14,19)20/h3-9,11H,2H2,1H3,(H,17,18). The van der Waals surface area contributed by atoms with Gasteiger partial charge in [0.15, 0.2) is 0 Å². The summed E-state index contributed by atoms with van der Waals surface area (Å²) in [7, 11) is -8.00. The first-order valence-corrected chi connectivity index (χ1v) is 10.1. The number of carbonyl (C=O) groups is 1. The lowest BCUT2D eigenvalue weighted by atomic mass is 9.97. The van der Waals surface area contributed by atoms with Gasteiger partial charge in [0.05, 0.1) is 25.5 Å². The number of fused-ring (bicyclic) bond motifs is 2. The molecular formula is C16H14O6S2. The highest BCUT2D eigenvalue weighted by molar-refractivity contribution is 7.97. The van der Waals surface area contributed by atoms with Crippen LogP contribution in [0.3, 0.4) is 0 Å². The van der Waals surface area contributed by atoms with Crippen molar-refractivity contribution in [2.45, 2.75) is 38.8 Å². The molecule has 8 heteroatoms. The van der Waals surface area contributed by atoms with Crippen LogP contribution in [0.4, 0.5) is 0 Å². The lowest BCUT2D eigenvalue weighted by Crippen LogP contribution is -2.20. The fourth-order valence-corrected chi connectivity index (χ4v) is 7.02. The predicted molar refractivity (Wildman–Crippen MR) is 84.5 cm³/mol. The molecule has 1 N–H and O–H groups in total. The molecule has 0 fully saturated rings. The first-order chi connectivity index (χ1) is 11.2. The van der Waals surface area contributed by atoms with E-state index in [1.54, 1.807) is 6.92 Å². The summed E-state index contributed by atoms with van der Waals surface area (Å²) >= 11 is 0. The number of carboxylic acids is 1. The molecule has 1 unspecified atom stereocenters.